The van der Waals surface area contributed by atoms with E-state index in [0.717, 1.165) is 45.1 Å². The molecule has 228 valence electrons. The van der Waals surface area contributed by atoms with Gasteiger partial charge in [0.15, 0.2) is 0 Å². The average Bonchev–Trinajstić information content (AvgIpc) is 3.55. The van der Waals surface area contributed by atoms with Gasteiger partial charge in [-0.15, -0.1) is 0 Å². The predicted octanol–water partition coefficient (Wildman–Crippen LogP) is 10.2. The Labute approximate surface area is 267 Å². The molecule has 0 saturated heterocycles. The number of halogens is 3. The van der Waals surface area contributed by atoms with Crippen LogP contribution in [0.3, 0.4) is 0 Å². The number of carbonyl (C=O) groups is 2. The number of hydrogen-bond donors (Lipinski definition) is 0. The lowest BCUT2D eigenvalue weighted by Crippen LogP contribution is -2.30. The number of anilines is 1. The van der Waals surface area contributed by atoms with E-state index in [9.17, 15) is 22.8 Å². The van der Waals surface area contributed by atoms with Crippen LogP contribution in [-0.4, -0.2) is 16.4 Å². The Bertz CT molecular complexity index is 2410. The molecule has 0 radical (unpaired) electrons. The summed E-state index contributed by atoms with van der Waals surface area (Å²) in [7, 11) is 0. The molecule has 2 amide bonds. The Morgan fingerprint density at radius 1 is 0.553 bits per heavy atom. The Balaban J connectivity index is 1.37. The standard InChI is InChI=1S/C40H25F3N2O2/c1-24-23-26(40(41,42)43)21-22-27(24)30-15-9-16-31-29-14-6-8-19-34(29)44(37(30)31)35-20-10-17-32-36(35)39(47)45(38(32)46)33-18-7-5-13-28(33)25-11-3-2-4-12-25/h2-23H,1H3. The number of aryl methyl sites for hydroxylation is 1. The molecule has 0 fully saturated rings. The van der Waals surface area contributed by atoms with Crippen LogP contribution in [0.1, 0.15) is 31.8 Å². The monoisotopic (exact) mass is 622 g/mol. The fourth-order valence-corrected chi connectivity index (χ4v) is 6.83. The van der Waals surface area contributed by atoms with Crippen LogP contribution in [0.5, 0.6) is 0 Å². The molecule has 0 bridgehead atoms. The highest BCUT2D eigenvalue weighted by Crippen LogP contribution is 2.43. The average molecular weight is 623 g/mol. The van der Waals surface area contributed by atoms with E-state index < -0.39 is 23.6 Å². The van der Waals surface area contributed by atoms with Gasteiger partial charge in [0.25, 0.3) is 11.8 Å². The largest absolute Gasteiger partial charge is 0.416 e. The number of aromatic nitrogens is 1. The van der Waals surface area contributed by atoms with Crippen molar-refractivity contribution in [1.82, 2.24) is 4.57 Å². The summed E-state index contributed by atoms with van der Waals surface area (Å²) >= 11 is 0. The third-order valence-corrected chi connectivity index (χ3v) is 8.90. The highest BCUT2D eigenvalue weighted by atomic mass is 19.4. The molecule has 7 aromatic rings. The number of hydrogen-bond acceptors (Lipinski definition) is 2. The van der Waals surface area contributed by atoms with E-state index in [2.05, 4.69) is 0 Å². The molecule has 0 spiro atoms. The van der Waals surface area contributed by atoms with E-state index >= 15 is 0 Å². The van der Waals surface area contributed by atoms with Crippen LogP contribution in [0.15, 0.2) is 133 Å². The number of amides is 2. The maximum Gasteiger partial charge on any atom is 0.416 e. The summed E-state index contributed by atoms with van der Waals surface area (Å²) in [5, 5.41) is 1.78. The molecule has 0 unspecified atom stereocenters. The first-order valence-corrected chi connectivity index (χ1v) is 15.1. The van der Waals surface area contributed by atoms with E-state index in [1.165, 1.54) is 11.0 Å². The van der Waals surface area contributed by atoms with Gasteiger partial charge in [0.2, 0.25) is 0 Å². The molecule has 8 rings (SSSR count). The smallest absolute Gasteiger partial charge is 0.308 e. The maximum atomic E-state index is 14.5. The molecule has 2 heterocycles. The second kappa shape index (κ2) is 10.6. The van der Waals surface area contributed by atoms with E-state index in [1.807, 2.05) is 95.6 Å². The van der Waals surface area contributed by atoms with Crippen molar-refractivity contribution >= 4 is 39.3 Å². The minimum Gasteiger partial charge on any atom is -0.308 e. The van der Waals surface area contributed by atoms with Gasteiger partial charge in [-0.25, -0.2) is 4.90 Å². The van der Waals surface area contributed by atoms with Crippen molar-refractivity contribution in [3.05, 3.63) is 156 Å². The van der Waals surface area contributed by atoms with Gasteiger partial charge in [-0.1, -0.05) is 97.1 Å². The SMILES string of the molecule is Cc1cc(C(F)(F)F)ccc1-c1cccc2c3ccccc3n(-c3cccc4c3C(=O)N(c3ccccc3-c3ccccc3)C4=O)c12. The third kappa shape index (κ3) is 4.38. The summed E-state index contributed by atoms with van der Waals surface area (Å²) in [6.45, 7) is 1.67. The van der Waals surface area contributed by atoms with Crippen LogP contribution >= 0.6 is 0 Å². The molecule has 1 aliphatic heterocycles. The Morgan fingerprint density at radius 3 is 1.98 bits per heavy atom. The molecule has 0 saturated carbocycles. The highest BCUT2D eigenvalue weighted by Gasteiger charge is 2.40. The van der Waals surface area contributed by atoms with Crippen molar-refractivity contribution < 1.29 is 22.8 Å². The van der Waals surface area contributed by atoms with E-state index in [4.69, 9.17) is 0 Å². The molecular formula is C40H25F3N2O2. The second-order valence-corrected chi connectivity index (χ2v) is 11.6. The number of carbonyl (C=O) groups excluding carboxylic acids is 2. The van der Waals surface area contributed by atoms with Crippen LogP contribution in [-0.2, 0) is 6.18 Å². The molecular weight excluding hydrogens is 597 g/mol. The van der Waals surface area contributed by atoms with Gasteiger partial charge >= 0.3 is 6.18 Å². The number of fused-ring (bicyclic) bond motifs is 4. The van der Waals surface area contributed by atoms with Crippen molar-refractivity contribution in [2.24, 2.45) is 0 Å². The number of alkyl halides is 3. The number of imide groups is 1. The summed E-state index contributed by atoms with van der Waals surface area (Å²) in [6, 6.07) is 39.4. The Kier molecular flexibility index (Phi) is 6.41. The van der Waals surface area contributed by atoms with Crippen LogP contribution in [0.4, 0.5) is 18.9 Å². The van der Waals surface area contributed by atoms with Gasteiger partial charge < -0.3 is 4.57 Å². The lowest BCUT2D eigenvalue weighted by molar-refractivity contribution is -0.137. The molecule has 7 heteroatoms. The van der Waals surface area contributed by atoms with Crippen LogP contribution in [0.25, 0.3) is 49.7 Å². The second-order valence-electron chi connectivity index (χ2n) is 11.6. The molecule has 47 heavy (non-hydrogen) atoms. The summed E-state index contributed by atoms with van der Waals surface area (Å²) in [6.07, 6.45) is -4.47. The summed E-state index contributed by atoms with van der Waals surface area (Å²) in [5.74, 6) is -0.868. The molecule has 0 atom stereocenters. The number of rotatable bonds is 4. The quantitative estimate of drug-likeness (QED) is 0.183. The lowest BCUT2D eigenvalue weighted by Gasteiger charge is -2.19. The van der Waals surface area contributed by atoms with Crippen LogP contribution in [0.2, 0.25) is 0 Å². The molecule has 1 aromatic heterocycles. The zero-order valence-electron chi connectivity index (χ0n) is 25.0. The van der Waals surface area contributed by atoms with Gasteiger partial charge in [-0.2, -0.15) is 13.2 Å². The summed E-state index contributed by atoms with van der Waals surface area (Å²) < 4.78 is 42.7. The van der Waals surface area contributed by atoms with Gasteiger partial charge in [0.05, 0.1) is 39.1 Å². The minimum absolute atomic E-state index is 0.266. The molecule has 1 aliphatic rings. The normalized spacial score (nSPS) is 13.1. The maximum absolute atomic E-state index is 14.5. The first kappa shape index (κ1) is 28.5. The lowest BCUT2D eigenvalue weighted by atomic mass is 9.96. The summed E-state index contributed by atoms with van der Waals surface area (Å²) in [5.41, 5.74) is 5.82. The highest BCUT2D eigenvalue weighted by molar-refractivity contribution is 6.36. The van der Waals surface area contributed by atoms with Crippen molar-refractivity contribution in [2.75, 3.05) is 4.90 Å². The van der Waals surface area contributed by atoms with E-state index in [1.54, 1.807) is 31.2 Å². The molecule has 0 aliphatic carbocycles. The number of para-hydroxylation sites is 3. The van der Waals surface area contributed by atoms with Crippen LogP contribution < -0.4 is 4.90 Å². The first-order valence-electron chi connectivity index (χ1n) is 15.1. The van der Waals surface area contributed by atoms with Gasteiger partial charge in [-0.3, -0.25) is 9.59 Å². The van der Waals surface area contributed by atoms with E-state index in [0.29, 0.717) is 28.1 Å². The van der Waals surface area contributed by atoms with Gasteiger partial charge in [-0.05, 0) is 60.0 Å². The Morgan fingerprint density at radius 2 is 1.19 bits per heavy atom. The van der Waals surface area contributed by atoms with Crippen LogP contribution in [0, 0.1) is 6.92 Å². The third-order valence-electron chi connectivity index (χ3n) is 8.90. The minimum atomic E-state index is -4.47. The Hall–Kier alpha value is -5.95. The summed E-state index contributed by atoms with van der Waals surface area (Å²) in [4.78, 5) is 29.8. The predicted molar refractivity (Wildman–Crippen MR) is 179 cm³/mol. The zero-order chi connectivity index (χ0) is 32.4. The topological polar surface area (TPSA) is 42.3 Å². The number of benzene rings is 6. The number of nitrogens with zero attached hydrogens (tertiary/aromatic N) is 2. The van der Waals surface area contributed by atoms with Gasteiger partial charge in [0, 0.05) is 21.9 Å². The first-order chi connectivity index (χ1) is 22.7. The fraction of sp³-hybridized carbons (Fsp3) is 0.0500. The fourth-order valence-electron chi connectivity index (χ4n) is 6.83. The molecule has 0 N–H and O–H groups in total. The van der Waals surface area contributed by atoms with Crippen molar-refractivity contribution in [2.45, 2.75) is 13.1 Å². The molecule has 6 aromatic carbocycles. The molecule has 4 nitrogen and oxygen atoms in total. The van der Waals surface area contributed by atoms with Crippen molar-refractivity contribution in [3.8, 4) is 27.9 Å². The van der Waals surface area contributed by atoms with Gasteiger partial charge in [0.1, 0.15) is 0 Å². The zero-order valence-corrected chi connectivity index (χ0v) is 25.0. The van der Waals surface area contributed by atoms with Crippen molar-refractivity contribution in [1.29, 1.82) is 0 Å². The van der Waals surface area contributed by atoms with E-state index in [-0.39, 0.29) is 11.1 Å². The van der Waals surface area contributed by atoms with Crippen molar-refractivity contribution in [3.63, 3.8) is 0 Å².